The lowest BCUT2D eigenvalue weighted by Gasteiger charge is -2.18. The summed E-state index contributed by atoms with van der Waals surface area (Å²) in [6, 6.07) is 5.26. The highest BCUT2D eigenvalue weighted by Crippen LogP contribution is 2.25. The Kier molecular flexibility index (Phi) is 5.62. The molecule has 1 aliphatic heterocycles. The quantitative estimate of drug-likeness (QED) is 0.733. The number of rotatable bonds is 4. The number of anilines is 1. The van der Waals surface area contributed by atoms with Gasteiger partial charge in [-0.2, -0.15) is 0 Å². The number of hydrogen-bond donors (Lipinski definition) is 2. The lowest BCUT2D eigenvalue weighted by Crippen LogP contribution is -2.43. The molecule has 1 aromatic carbocycles. The summed E-state index contributed by atoms with van der Waals surface area (Å²) in [6.07, 6.45) is -0.669. The Bertz CT molecular complexity index is 792. The molecule has 1 heterocycles. The minimum Gasteiger partial charge on any atom is -0.449 e. The van der Waals surface area contributed by atoms with Crippen molar-refractivity contribution in [3.05, 3.63) is 29.8 Å². The molecule has 136 valence electrons. The minimum absolute atomic E-state index is 0.0678. The van der Waals surface area contributed by atoms with Crippen molar-refractivity contribution in [2.24, 2.45) is 0 Å². The summed E-state index contributed by atoms with van der Waals surface area (Å²) >= 11 is 0. The Balaban J connectivity index is 2.09. The van der Waals surface area contributed by atoms with Gasteiger partial charge in [0.1, 0.15) is 0 Å². The lowest BCUT2D eigenvalue weighted by atomic mass is 10.2. The summed E-state index contributed by atoms with van der Waals surface area (Å²) in [6.45, 7) is 1.68. The van der Waals surface area contributed by atoms with Crippen LogP contribution in [-0.4, -0.2) is 51.8 Å². The van der Waals surface area contributed by atoms with Crippen LogP contribution in [0.25, 0.3) is 0 Å². The van der Waals surface area contributed by atoms with Crippen LogP contribution in [0.5, 0.6) is 0 Å². The minimum atomic E-state index is -3.36. The van der Waals surface area contributed by atoms with E-state index in [0.717, 1.165) is 0 Å². The second-order valence-electron chi connectivity index (χ2n) is 5.41. The molecule has 1 fully saturated rings. The molecule has 0 aromatic heterocycles. The van der Waals surface area contributed by atoms with Crippen LogP contribution >= 0.6 is 0 Å². The second kappa shape index (κ2) is 7.51. The van der Waals surface area contributed by atoms with Gasteiger partial charge in [-0.3, -0.25) is 14.4 Å². The number of hydrogen-bond acceptors (Lipinski definition) is 6. The van der Waals surface area contributed by atoms with Gasteiger partial charge >= 0.3 is 12.0 Å². The molecule has 0 saturated carbocycles. The molecule has 0 radical (unpaired) electrons. The number of nitrogens with zero attached hydrogens (tertiary/aromatic N) is 1. The van der Waals surface area contributed by atoms with E-state index in [0.29, 0.717) is 18.7 Å². The Morgan fingerprint density at radius 1 is 1.28 bits per heavy atom. The number of carbonyl (C=O) groups is 3. The highest BCUT2D eigenvalue weighted by atomic mass is 32.2. The van der Waals surface area contributed by atoms with E-state index in [1.165, 1.54) is 36.5 Å². The first kappa shape index (κ1) is 18.7. The summed E-state index contributed by atoms with van der Waals surface area (Å²) in [4.78, 5) is 35.0. The molecule has 10 heteroatoms. The van der Waals surface area contributed by atoms with Crippen LogP contribution in [-0.2, 0) is 19.6 Å². The predicted molar refractivity (Wildman–Crippen MR) is 89.7 cm³/mol. The maximum Gasteiger partial charge on any atom is 0.338 e. The molecule has 1 saturated heterocycles. The molecule has 25 heavy (non-hydrogen) atoms. The molecular weight excluding hydrogens is 350 g/mol. The molecule has 2 N–H and O–H groups in total. The molecule has 0 aliphatic carbocycles. The fraction of sp³-hybridized carbons (Fsp3) is 0.400. The van der Waals surface area contributed by atoms with Crippen molar-refractivity contribution in [1.29, 1.82) is 0 Å². The van der Waals surface area contributed by atoms with E-state index >= 15 is 0 Å². The standard InChI is InChI=1S/C15H19N3O6S/c1-10(13(19)17-15(21)16-2)24-14(20)11-5-3-6-12(9-11)18-7-4-8-25(18,22)23/h3,5-6,9-10H,4,7-8H2,1-2H3,(H2,16,17,19,21). The number of nitrogens with one attached hydrogen (secondary N) is 2. The smallest absolute Gasteiger partial charge is 0.338 e. The Hall–Kier alpha value is -2.62. The maximum absolute atomic E-state index is 12.2. The van der Waals surface area contributed by atoms with E-state index in [-0.39, 0.29) is 11.3 Å². The van der Waals surface area contributed by atoms with Gasteiger partial charge in [-0.05, 0) is 31.5 Å². The first-order valence-corrected chi connectivity index (χ1v) is 9.19. The van der Waals surface area contributed by atoms with Gasteiger partial charge in [0.2, 0.25) is 10.0 Å². The summed E-state index contributed by atoms with van der Waals surface area (Å²) in [7, 11) is -2.02. The van der Waals surface area contributed by atoms with Gasteiger partial charge in [-0.1, -0.05) is 6.07 Å². The summed E-state index contributed by atoms with van der Waals surface area (Å²) in [5, 5.41) is 4.21. The van der Waals surface area contributed by atoms with Crippen LogP contribution in [0.2, 0.25) is 0 Å². The van der Waals surface area contributed by atoms with Crippen molar-refractivity contribution in [3.8, 4) is 0 Å². The van der Waals surface area contributed by atoms with Crippen LogP contribution < -0.4 is 14.9 Å². The predicted octanol–water partition coefficient (Wildman–Crippen LogP) is 0.227. The third-order valence-electron chi connectivity index (χ3n) is 3.59. The zero-order chi connectivity index (χ0) is 18.6. The summed E-state index contributed by atoms with van der Waals surface area (Å²) < 4.78 is 30.2. The Morgan fingerprint density at radius 3 is 2.60 bits per heavy atom. The van der Waals surface area contributed by atoms with Gasteiger partial charge in [0.25, 0.3) is 5.91 Å². The number of carbonyl (C=O) groups excluding carboxylic acids is 3. The SMILES string of the molecule is CNC(=O)NC(=O)C(C)OC(=O)c1cccc(N2CCCS2(=O)=O)c1. The van der Waals surface area contributed by atoms with E-state index in [1.807, 2.05) is 5.32 Å². The largest absolute Gasteiger partial charge is 0.449 e. The number of amides is 3. The van der Waals surface area contributed by atoms with Crippen LogP contribution in [0.15, 0.2) is 24.3 Å². The van der Waals surface area contributed by atoms with Crippen molar-refractivity contribution >= 4 is 33.6 Å². The van der Waals surface area contributed by atoms with Crippen LogP contribution in [0.1, 0.15) is 23.7 Å². The number of benzene rings is 1. The van der Waals surface area contributed by atoms with Crippen LogP contribution in [0, 0.1) is 0 Å². The molecule has 1 atom stereocenters. The summed E-state index contributed by atoms with van der Waals surface area (Å²) in [5.41, 5.74) is 0.480. The second-order valence-corrected chi connectivity index (χ2v) is 7.42. The lowest BCUT2D eigenvalue weighted by molar-refractivity contribution is -0.127. The zero-order valence-electron chi connectivity index (χ0n) is 13.8. The zero-order valence-corrected chi connectivity index (χ0v) is 14.6. The Morgan fingerprint density at radius 2 is 2.00 bits per heavy atom. The van der Waals surface area contributed by atoms with Gasteiger partial charge in [-0.15, -0.1) is 0 Å². The fourth-order valence-corrected chi connectivity index (χ4v) is 3.83. The van der Waals surface area contributed by atoms with E-state index in [4.69, 9.17) is 4.74 Å². The third-order valence-corrected chi connectivity index (χ3v) is 5.46. The van der Waals surface area contributed by atoms with Gasteiger partial charge in [0, 0.05) is 13.6 Å². The molecule has 1 unspecified atom stereocenters. The molecule has 3 amide bonds. The highest BCUT2D eigenvalue weighted by Gasteiger charge is 2.29. The van der Waals surface area contributed by atoms with Crippen molar-refractivity contribution in [2.75, 3.05) is 23.7 Å². The highest BCUT2D eigenvalue weighted by molar-refractivity contribution is 7.93. The molecule has 1 aliphatic rings. The van der Waals surface area contributed by atoms with Gasteiger partial charge in [0.05, 0.1) is 17.0 Å². The molecule has 2 rings (SSSR count). The Labute approximate surface area is 145 Å². The number of sulfonamides is 1. The van der Waals surface area contributed by atoms with Gasteiger partial charge in [-0.25, -0.2) is 18.0 Å². The molecule has 0 bridgehead atoms. The van der Waals surface area contributed by atoms with Gasteiger partial charge in [0.15, 0.2) is 6.10 Å². The number of ether oxygens (including phenoxy) is 1. The van der Waals surface area contributed by atoms with E-state index in [9.17, 15) is 22.8 Å². The number of urea groups is 1. The van der Waals surface area contributed by atoms with Crippen molar-refractivity contribution in [2.45, 2.75) is 19.4 Å². The van der Waals surface area contributed by atoms with E-state index < -0.39 is 34.0 Å². The molecule has 0 spiro atoms. The third kappa shape index (κ3) is 4.47. The monoisotopic (exact) mass is 369 g/mol. The number of imide groups is 1. The van der Waals surface area contributed by atoms with Crippen LogP contribution in [0.4, 0.5) is 10.5 Å². The average Bonchev–Trinajstić information content (AvgIpc) is 2.93. The topological polar surface area (TPSA) is 122 Å². The van der Waals surface area contributed by atoms with Gasteiger partial charge < -0.3 is 10.1 Å². The molecule has 9 nitrogen and oxygen atoms in total. The normalized spacial score (nSPS) is 16.8. The van der Waals surface area contributed by atoms with Crippen LogP contribution in [0.3, 0.4) is 0 Å². The summed E-state index contributed by atoms with van der Waals surface area (Å²) in [5.74, 6) is -1.50. The van der Waals surface area contributed by atoms with E-state index in [2.05, 4.69) is 5.32 Å². The molecular formula is C15H19N3O6S. The van der Waals surface area contributed by atoms with E-state index in [1.54, 1.807) is 6.07 Å². The van der Waals surface area contributed by atoms with Crippen molar-refractivity contribution < 1.29 is 27.5 Å². The molecule has 1 aromatic rings. The first-order valence-electron chi connectivity index (χ1n) is 7.58. The van der Waals surface area contributed by atoms with Crippen molar-refractivity contribution in [1.82, 2.24) is 10.6 Å². The number of esters is 1. The van der Waals surface area contributed by atoms with Crippen molar-refractivity contribution in [3.63, 3.8) is 0 Å². The fourth-order valence-electron chi connectivity index (χ4n) is 2.28. The maximum atomic E-state index is 12.2. The first-order chi connectivity index (χ1) is 11.7. The average molecular weight is 369 g/mol.